The molecule has 0 aliphatic rings. The molecule has 1 aromatic carbocycles. The average Bonchev–Trinajstić information content (AvgIpc) is 2.24. The third-order valence-electron chi connectivity index (χ3n) is 2.14. The highest BCUT2D eigenvalue weighted by molar-refractivity contribution is 6.44. The normalized spacial score (nSPS) is 11.9. The summed E-state index contributed by atoms with van der Waals surface area (Å²) in [5.74, 6) is 0. The Balaban J connectivity index is 3.24. The minimum absolute atomic E-state index is 0.476. The van der Waals surface area contributed by atoms with E-state index in [-0.39, 0.29) is 0 Å². The first-order chi connectivity index (χ1) is 7.10. The highest BCUT2D eigenvalue weighted by Crippen LogP contribution is 2.33. The van der Waals surface area contributed by atoms with E-state index >= 15 is 0 Å². The third-order valence-corrected chi connectivity index (χ3v) is 3.29. The van der Waals surface area contributed by atoms with E-state index in [0.717, 1.165) is 17.6 Å². The van der Waals surface area contributed by atoms with Gasteiger partial charge in [0, 0.05) is 17.1 Å². The SMILES string of the molecule is CC/C(=C/c1c(Cl)ccc(Cl)c1Cl)CN. The van der Waals surface area contributed by atoms with Crippen molar-refractivity contribution in [1.82, 2.24) is 0 Å². The van der Waals surface area contributed by atoms with Gasteiger partial charge >= 0.3 is 0 Å². The molecule has 15 heavy (non-hydrogen) atoms. The van der Waals surface area contributed by atoms with Crippen LogP contribution in [0.1, 0.15) is 18.9 Å². The van der Waals surface area contributed by atoms with Gasteiger partial charge in [0.15, 0.2) is 0 Å². The highest BCUT2D eigenvalue weighted by Gasteiger charge is 2.07. The van der Waals surface area contributed by atoms with E-state index in [1.807, 2.05) is 13.0 Å². The monoisotopic (exact) mass is 263 g/mol. The predicted molar refractivity (Wildman–Crippen MR) is 68.8 cm³/mol. The third kappa shape index (κ3) is 3.12. The standard InChI is InChI=1S/C11H12Cl3N/c1-2-7(6-15)5-8-9(12)3-4-10(13)11(8)14/h3-5H,2,6,15H2,1H3/b7-5-. The zero-order valence-corrected chi connectivity index (χ0v) is 10.6. The Hall–Kier alpha value is -0.210. The maximum atomic E-state index is 6.05. The first-order valence-corrected chi connectivity index (χ1v) is 5.76. The molecule has 0 bridgehead atoms. The molecule has 0 unspecified atom stereocenters. The van der Waals surface area contributed by atoms with Crippen molar-refractivity contribution in [2.75, 3.05) is 6.54 Å². The first kappa shape index (κ1) is 12.9. The lowest BCUT2D eigenvalue weighted by Gasteiger charge is -2.06. The van der Waals surface area contributed by atoms with Crippen LogP contribution in [0.25, 0.3) is 6.08 Å². The van der Waals surface area contributed by atoms with Crippen LogP contribution in [0, 0.1) is 0 Å². The Morgan fingerprint density at radius 2 is 1.87 bits per heavy atom. The molecule has 82 valence electrons. The van der Waals surface area contributed by atoms with E-state index in [0.29, 0.717) is 21.6 Å². The minimum atomic E-state index is 0.476. The fourth-order valence-corrected chi connectivity index (χ4v) is 1.83. The summed E-state index contributed by atoms with van der Waals surface area (Å²) in [4.78, 5) is 0. The lowest BCUT2D eigenvalue weighted by molar-refractivity contribution is 1.02. The molecular weight excluding hydrogens is 252 g/mol. The van der Waals surface area contributed by atoms with Crippen molar-refractivity contribution in [3.63, 3.8) is 0 Å². The average molecular weight is 265 g/mol. The molecule has 1 nitrogen and oxygen atoms in total. The van der Waals surface area contributed by atoms with Gasteiger partial charge in [0.05, 0.1) is 10.0 Å². The topological polar surface area (TPSA) is 26.0 Å². The van der Waals surface area contributed by atoms with Crippen LogP contribution in [0.3, 0.4) is 0 Å². The van der Waals surface area contributed by atoms with Gasteiger partial charge in [-0.2, -0.15) is 0 Å². The van der Waals surface area contributed by atoms with Gasteiger partial charge in [-0.1, -0.05) is 53.4 Å². The Labute approximate surface area is 105 Å². The predicted octanol–water partition coefficient (Wildman–Crippen LogP) is 4.40. The lowest BCUT2D eigenvalue weighted by atomic mass is 10.1. The van der Waals surface area contributed by atoms with Crippen LogP contribution in [0.15, 0.2) is 17.7 Å². The summed E-state index contributed by atoms with van der Waals surface area (Å²) in [5, 5.41) is 1.56. The Kier molecular flexibility index (Phi) is 4.94. The second kappa shape index (κ2) is 5.76. The van der Waals surface area contributed by atoms with Crippen molar-refractivity contribution in [2.45, 2.75) is 13.3 Å². The minimum Gasteiger partial charge on any atom is -0.327 e. The largest absolute Gasteiger partial charge is 0.327 e. The maximum Gasteiger partial charge on any atom is 0.0679 e. The summed E-state index contributed by atoms with van der Waals surface area (Å²) in [7, 11) is 0. The molecule has 2 N–H and O–H groups in total. The molecule has 0 spiro atoms. The number of benzene rings is 1. The summed E-state index contributed by atoms with van der Waals surface area (Å²) >= 11 is 18.0. The quantitative estimate of drug-likeness (QED) is 0.805. The molecule has 0 fully saturated rings. The summed E-state index contributed by atoms with van der Waals surface area (Å²) in [6, 6.07) is 3.41. The summed E-state index contributed by atoms with van der Waals surface area (Å²) in [6.45, 7) is 2.53. The molecule has 0 saturated heterocycles. The molecule has 0 aromatic heterocycles. The molecule has 0 aliphatic carbocycles. The van der Waals surface area contributed by atoms with Crippen LogP contribution in [0.5, 0.6) is 0 Å². The molecule has 0 radical (unpaired) electrons. The van der Waals surface area contributed by atoms with Crippen LogP contribution in [0.4, 0.5) is 0 Å². The van der Waals surface area contributed by atoms with E-state index in [1.165, 1.54) is 0 Å². The summed E-state index contributed by atoms with van der Waals surface area (Å²) < 4.78 is 0. The number of rotatable bonds is 3. The number of hydrogen-bond donors (Lipinski definition) is 1. The second-order valence-electron chi connectivity index (χ2n) is 3.12. The lowest BCUT2D eigenvalue weighted by Crippen LogP contribution is -2.01. The van der Waals surface area contributed by atoms with Gasteiger partial charge in [-0.15, -0.1) is 0 Å². The summed E-state index contributed by atoms with van der Waals surface area (Å²) in [6.07, 6.45) is 2.77. The van der Waals surface area contributed by atoms with Gasteiger partial charge in [0.2, 0.25) is 0 Å². The molecule has 0 heterocycles. The van der Waals surface area contributed by atoms with Gasteiger partial charge in [-0.25, -0.2) is 0 Å². The number of halogens is 3. The van der Waals surface area contributed by atoms with Crippen molar-refractivity contribution < 1.29 is 0 Å². The van der Waals surface area contributed by atoms with E-state index in [4.69, 9.17) is 40.5 Å². The van der Waals surface area contributed by atoms with Crippen molar-refractivity contribution in [1.29, 1.82) is 0 Å². The van der Waals surface area contributed by atoms with Crippen LogP contribution in [-0.2, 0) is 0 Å². The van der Waals surface area contributed by atoms with Crippen molar-refractivity contribution >= 4 is 40.9 Å². The Morgan fingerprint density at radius 3 is 2.40 bits per heavy atom. The Morgan fingerprint density at radius 1 is 1.27 bits per heavy atom. The maximum absolute atomic E-state index is 6.05. The molecule has 1 rings (SSSR count). The van der Waals surface area contributed by atoms with Gasteiger partial charge in [0.25, 0.3) is 0 Å². The van der Waals surface area contributed by atoms with Gasteiger partial charge in [-0.05, 0) is 18.6 Å². The van der Waals surface area contributed by atoms with Gasteiger partial charge in [-0.3, -0.25) is 0 Å². The molecule has 0 amide bonds. The van der Waals surface area contributed by atoms with E-state index in [2.05, 4.69) is 0 Å². The zero-order valence-electron chi connectivity index (χ0n) is 8.36. The van der Waals surface area contributed by atoms with Crippen LogP contribution in [-0.4, -0.2) is 6.54 Å². The van der Waals surface area contributed by atoms with Crippen LogP contribution >= 0.6 is 34.8 Å². The van der Waals surface area contributed by atoms with Crippen molar-refractivity contribution in [3.05, 3.63) is 38.3 Å². The van der Waals surface area contributed by atoms with E-state index in [9.17, 15) is 0 Å². The van der Waals surface area contributed by atoms with Crippen molar-refractivity contribution in [2.24, 2.45) is 5.73 Å². The Bertz CT molecular complexity index is 380. The number of hydrogen-bond acceptors (Lipinski definition) is 1. The van der Waals surface area contributed by atoms with Crippen molar-refractivity contribution in [3.8, 4) is 0 Å². The molecule has 0 saturated carbocycles. The molecule has 0 aliphatic heterocycles. The fraction of sp³-hybridized carbons (Fsp3) is 0.273. The highest BCUT2D eigenvalue weighted by atomic mass is 35.5. The molecule has 1 aromatic rings. The molecule has 0 atom stereocenters. The second-order valence-corrected chi connectivity index (χ2v) is 4.31. The first-order valence-electron chi connectivity index (χ1n) is 4.63. The van der Waals surface area contributed by atoms with Crippen LogP contribution in [0.2, 0.25) is 15.1 Å². The zero-order chi connectivity index (χ0) is 11.4. The van der Waals surface area contributed by atoms with E-state index < -0.39 is 0 Å². The van der Waals surface area contributed by atoms with Crippen LogP contribution < -0.4 is 5.73 Å². The summed E-state index contributed by atoms with van der Waals surface area (Å²) in [5.41, 5.74) is 7.41. The fourth-order valence-electron chi connectivity index (χ4n) is 1.18. The van der Waals surface area contributed by atoms with Gasteiger partial charge < -0.3 is 5.73 Å². The molecular formula is C11H12Cl3N. The number of nitrogens with two attached hydrogens (primary N) is 1. The van der Waals surface area contributed by atoms with E-state index in [1.54, 1.807) is 12.1 Å². The smallest absolute Gasteiger partial charge is 0.0679 e. The molecule has 4 heteroatoms. The van der Waals surface area contributed by atoms with Gasteiger partial charge in [0.1, 0.15) is 0 Å².